The number of rotatable bonds is 4. The van der Waals surface area contributed by atoms with Crippen LogP contribution in [0.15, 0.2) is 58.6 Å². The summed E-state index contributed by atoms with van der Waals surface area (Å²) in [6, 6.07) is 11.7. The van der Waals surface area contributed by atoms with Gasteiger partial charge in [0.1, 0.15) is 0 Å². The Morgan fingerprint density at radius 2 is 2.14 bits per heavy atom. The van der Waals surface area contributed by atoms with Gasteiger partial charge in [0, 0.05) is 20.9 Å². The van der Waals surface area contributed by atoms with Crippen LogP contribution >= 0.6 is 27.3 Å². The van der Waals surface area contributed by atoms with E-state index in [1.54, 1.807) is 28.4 Å². The minimum Gasteiger partial charge on any atom is -0.347 e. The Morgan fingerprint density at radius 1 is 1.33 bits per heavy atom. The fourth-order valence-corrected chi connectivity index (χ4v) is 3.27. The van der Waals surface area contributed by atoms with Gasteiger partial charge in [0.25, 0.3) is 5.91 Å². The second-order valence-electron chi connectivity index (χ2n) is 4.42. The number of aromatic nitrogens is 2. The number of nitrogens with zero attached hydrogens (tertiary/aromatic N) is 2. The molecule has 0 radical (unpaired) electrons. The van der Waals surface area contributed by atoms with Crippen molar-refractivity contribution >= 4 is 33.2 Å². The molecule has 0 aliphatic carbocycles. The van der Waals surface area contributed by atoms with Gasteiger partial charge in [-0.15, -0.1) is 11.3 Å². The van der Waals surface area contributed by atoms with Crippen molar-refractivity contribution in [3.63, 3.8) is 0 Å². The summed E-state index contributed by atoms with van der Waals surface area (Å²) in [5.41, 5.74) is 1.48. The Morgan fingerprint density at radius 3 is 2.86 bits per heavy atom. The first kappa shape index (κ1) is 14.0. The van der Waals surface area contributed by atoms with E-state index in [0.29, 0.717) is 12.1 Å². The van der Waals surface area contributed by atoms with E-state index in [-0.39, 0.29) is 5.91 Å². The Balaban J connectivity index is 1.67. The summed E-state index contributed by atoms with van der Waals surface area (Å²) < 4.78 is 2.73. The van der Waals surface area contributed by atoms with E-state index in [4.69, 9.17) is 0 Å². The molecule has 0 saturated heterocycles. The van der Waals surface area contributed by atoms with Gasteiger partial charge in [-0.25, -0.2) is 4.68 Å². The molecule has 0 saturated carbocycles. The van der Waals surface area contributed by atoms with Crippen molar-refractivity contribution in [2.45, 2.75) is 6.54 Å². The van der Waals surface area contributed by atoms with Crippen LogP contribution in [0.2, 0.25) is 0 Å². The average Bonchev–Trinajstić information content (AvgIpc) is 3.15. The number of para-hydroxylation sites is 1. The van der Waals surface area contributed by atoms with E-state index in [2.05, 4.69) is 26.3 Å². The van der Waals surface area contributed by atoms with Crippen LogP contribution in [0, 0.1) is 0 Å². The minimum atomic E-state index is -0.123. The van der Waals surface area contributed by atoms with Gasteiger partial charge >= 0.3 is 0 Å². The number of carbonyl (C=O) groups excluding carboxylic acids is 1. The Labute approximate surface area is 134 Å². The topological polar surface area (TPSA) is 46.9 Å². The quantitative estimate of drug-likeness (QED) is 0.771. The molecule has 0 fully saturated rings. The number of halogens is 1. The Bertz CT molecular complexity index is 751. The van der Waals surface area contributed by atoms with Crippen molar-refractivity contribution < 1.29 is 4.79 Å². The zero-order valence-electron chi connectivity index (χ0n) is 11.0. The maximum atomic E-state index is 12.1. The van der Waals surface area contributed by atoms with Gasteiger partial charge < -0.3 is 5.32 Å². The number of nitrogens with one attached hydrogen (secondary N) is 1. The highest BCUT2D eigenvalue weighted by molar-refractivity contribution is 9.10. The normalized spacial score (nSPS) is 10.5. The highest BCUT2D eigenvalue weighted by Crippen LogP contribution is 2.19. The van der Waals surface area contributed by atoms with Crippen molar-refractivity contribution in [1.29, 1.82) is 0 Å². The zero-order valence-corrected chi connectivity index (χ0v) is 13.4. The summed E-state index contributed by atoms with van der Waals surface area (Å²) in [4.78, 5) is 13.2. The lowest BCUT2D eigenvalue weighted by Gasteiger charge is -2.01. The van der Waals surface area contributed by atoms with Crippen molar-refractivity contribution in [3.8, 4) is 5.69 Å². The maximum Gasteiger partial charge on any atom is 0.254 e. The number of amides is 1. The zero-order chi connectivity index (χ0) is 14.7. The number of benzene rings is 1. The van der Waals surface area contributed by atoms with Crippen molar-refractivity contribution in [3.05, 3.63) is 69.1 Å². The first-order valence-corrected chi connectivity index (χ1v) is 8.01. The van der Waals surface area contributed by atoms with E-state index >= 15 is 0 Å². The summed E-state index contributed by atoms with van der Waals surface area (Å²) in [5, 5.41) is 9.10. The molecule has 4 nitrogen and oxygen atoms in total. The number of carbonyl (C=O) groups is 1. The molecule has 0 bridgehead atoms. The summed E-state index contributed by atoms with van der Waals surface area (Å²) in [7, 11) is 0. The minimum absolute atomic E-state index is 0.123. The molecule has 0 aliphatic heterocycles. The summed E-state index contributed by atoms with van der Waals surface area (Å²) in [5.74, 6) is -0.123. The van der Waals surface area contributed by atoms with Crippen molar-refractivity contribution in [2.24, 2.45) is 0 Å². The van der Waals surface area contributed by atoms with Crippen molar-refractivity contribution in [1.82, 2.24) is 15.1 Å². The molecule has 1 aromatic carbocycles. The second-order valence-corrected chi connectivity index (χ2v) is 6.33. The molecule has 0 atom stereocenters. The number of hydrogen-bond acceptors (Lipinski definition) is 3. The Hall–Kier alpha value is -1.92. The number of thiophene rings is 1. The third-order valence-corrected chi connectivity index (χ3v) is 4.61. The standard InChI is InChI=1S/C15H12BrN3OS/c16-12-6-14(21-10-12)8-17-15(20)11-7-18-19(9-11)13-4-2-1-3-5-13/h1-7,9-10H,8H2,(H,17,20). The molecule has 21 heavy (non-hydrogen) atoms. The molecule has 0 unspecified atom stereocenters. The van der Waals surface area contributed by atoms with E-state index < -0.39 is 0 Å². The SMILES string of the molecule is O=C(NCc1cc(Br)cs1)c1cnn(-c2ccccc2)c1. The molecule has 0 spiro atoms. The molecular formula is C15H12BrN3OS. The predicted molar refractivity (Wildman–Crippen MR) is 86.8 cm³/mol. The van der Waals surface area contributed by atoms with Crippen LogP contribution in [0.4, 0.5) is 0 Å². The molecule has 3 aromatic rings. The second kappa shape index (κ2) is 6.24. The van der Waals surface area contributed by atoms with E-state index in [1.807, 2.05) is 41.8 Å². The lowest BCUT2D eigenvalue weighted by molar-refractivity contribution is 0.0951. The van der Waals surface area contributed by atoms with Crippen LogP contribution in [0.1, 0.15) is 15.2 Å². The summed E-state index contributed by atoms with van der Waals surface area (Å²) in [6.45, 7) is 0.519. The Kier molecular flexibility index (Phi) is 4.17. The molecule has 2 aromatic heterocycles. The van der Waals surface area contributed by atoms with Crippen molar-refractivity contribution in [2.75, 3.05) is 0 Å². The molecular weight excluding hydrogens is 350 g/mol. The van der Waals surface area contributed by atoms with Crippen LogP contribution in [0.5, 0.6) is 0 Å². The van der Waals surface area contributed by atoms with E-state index in [1.165, 1.54) is 0 Å². The predicted octanol–water partition coefficient (Wildman–Crippen LogP) is 3.63. The van der Waals surface area contributed by atoms with Crippen LogP contribution in [0.3, 0.4) is 0 Å². The lowest BCUT2D eigenvalue weighted by Crippen LogP contribution is -2.21. The number of hydrogen-bond donors (Lipinski definition) is 1. The largest absolute Gasteiger partial charge is 0.347 e. The summed E-state index contributed by atoms with van der Waals surface area (Å²) in [6.07, 6.45) is 3.31. The monoisotopic (exact) mass is 361 g/mol. The van der Waals surface area contributed by atoms with Gasteiger partial charge in [0.2, 0.25) is 0 Å². The van der Waals surface area contributed by atoms with Gasteiger partial charge in [-0.05, 0) is 34.1 Å². The molecule has 0 aliphatic rings. The molecule has 106 valence electrons. The van der Waals surface area contributed by atoms with Gasteiger partial charge in [-0.3, -0.25) is 4.79 Å². The van der Waals surface area contributed by atoms with E-state index in [9.17, 15) is 4.79 Å². The lowest BCUT2D eigenvalue weighted by atomic mass is 10.3. The fourth-order valence-electron chi connectivity index (χ4n) is 1.88. The van der Waals surface area contributed by atoms with Gasteiger partial charge in [0.05, 0.1) is 24.0 Å². The van der Waals surface area contributed by atoms with Gasteiger partial charge in [-0.2, -0.15) is 5.10 Å². The maximum absolute atomic E-state index is 12.1. The summed E-state index contributed by atoms with van der Waals surface area (Å²) >= 11 is 5.00. The van der Waals surface area contributed by atoms with Crippen LogP contribution < -0.4 is 5.32 Å². The molecule has 1 N–H and O–H groups in total. The smallest absolute Gasteiger partial charge is 0.254 e. The molecule has 2 heterocycles. The fraction of sp³-hybridized carbons (Fsp3) is 0.0667. The first-order valence-electron chi connectivity index (χ1n) is 6.33. The van der Waals surface area contributed by atoms with Crippen LogP contribution in [-0.4, -0.2) is 15.7 Å². The van der Waals surface area contributed by atoms with Gasteiger partial charge in [0.15, 0.2) is 0 Å². The molecule has 1 amide bonds. The first-order chi connectivity index (χ1) is 10.2. The molecule has 6 heteroatoms. The third kappa shape index (κ3) is 3.40. The average molecular weight is 362 g/mol. The molecule has 3 rings (SSSR count). The van der Waals surface area contributed by atoms with Crippen LogP contribution in [0.25, 0.3) is 5.69 Å². The van der Waals surface area contributed by atoms with Crippen LogP contribution in [-0.2, 0) is 6.54 Å². The van der Waals surface area contributed by atoms with Gasteiger partial charge in [-0.1, -0.05) is 18.2 Å². The third-order valence-electron chi connectivity index (χ3n) is 2.91. The highest BCUT2D eigenvalue weighted by Gasteiger charge is 2.09. The highest BCUT2D eigenvalue weighted by atomic mass is 79.9. The van der Waals surface area contributed by atoms with E-state index in [0.717, 1.165) is 15.0 Å².